The van der Waals surface area contributed by atoms with Gasteiger partial charge in [0.05, 0.1) is 12.2 Å². The molecule has 0 aliphatic carbocycles. The van der Waals surface area contributed by atoms with Crippen molar-refractivity contribution in [3.05, 3.63) is 24.3 Å². The van der Waals surface area contributed by atoms with Crippen LogP contribution >= 0.6 is 11.8 Å². The molecule has 1 aliphatic heterocycles. The highest BCUT2D eigenvalue weighted by Gasteiger charge is 2.15. The predicted octanol–water partition coefficient (Wildman–Crippen LogP) is 1.32. The Morgan fingerprint density at radius 2 is 2.23 bits per heavy atom. The second-order valence-corrected chi connectivity index (χ2v) is 4.19. The van der Waals surface area contributed by atoms with Crippen LogP contribution in [-0.2, 0) is 0 Å². The van der Waals surface area contributed by atoms with Crippen LogP contribution in [0.3, 0.4) is 0 Å². The fourth-order valence-corrected chi connectivity index (χ4v) is 2.65. The van der Waals surface area contributed by atoms with Gasteiger partial charge in [-0.2, -0.15) is 0 Å². The first kappa shape index (κ1) is 8.91. The summed E-state index contributed by atoms with van der Waals surface area (Å²) < 4.78 is 0. The van der Waals surface area contributed by atoms with Crippen LogP contribution in [0, 0.1) is 0 Å². The van der Waals surface area contributed by atoms with E-state index in [0.29, 0.717) is 6.61 Å². The van der Waals surface area contributed by atoms with Crippen molar-refractivity contribution >= 4 is 17.4 Å². The molecular weight excluding hydrogens is 182 g/mol. The molecule has 13 heavy (non-hydrogen) atoms. The summed E-state index contributed by atoms with van der Waals surface area (Å²) in [6, 6.07) is 8.46. The van der Waals surface area contributed by atoms with Gasteiger partial charge >= 0.3 is 0 Å². The lowest BCUT2D eigenvalue weighted by Gasteiger charge is -2.29. The van der Waals surface area contributed by atoms with E-state index in [2.05, 4.69) is 29.2 Å². The first-order valence-corrected chi connectivity index (χ1v) is 5.52. The summed E-state index contributed by atoms with van der Waals surface area (Å²) in [5, 5.41) is 7.23. The molecular formula is C10H14NOS+. The molecule has 0 atom stereocenters. The number of benzene rings is 1. The Morgan fingerprint density at radius 1 is 1.38 bits per heavy atom. The van der Waals surface area contributed by atoms with Gasteiger partial charge in [-0.15, -0.1) is 11.8 Å². The monoisotopic (exact) mass is 196 g/mol. The van der Waals surface area contributed by atoms with E-state index in [1.165, 1.54) is 10.6 Å². The second kappa shape index (κ2) is 4.03. The van der Waals surface area contributed by atoms with Gasteiger partial charge in [-0.1, -0.05) is 12.1 Å². The first-order chi connectivity index (χ1) is 6.42. The van der Waals surface area contributed by atoms with Gasteiger partial charge in [-0.25, -0.2) is 0 Å². The maximum atomic E-state index is 7.23. The molecule has 0 saturated heterocycles. The Morgan fingerprint density at radius 3 is 3.08 bits per heavy atom. The quantitative estimate of drug-likeness (QED) is 0.667. The van der Waals surface area contributed by atoms with Crippen LogP contribution in [0.5, 0.6) is 0 Å². The van der Waals surface area contributed by atoms with E-state index in [-0.39, 0.29) is 0 Å². The minimum atomic E-state index is 0.485. The normalized spacial score (nSPS) is 15.6. The molecule has 1 aliphatic rings. The highest BCUT2D eigenvalue weighted by Crippen LogP contribution is 2.33. The molecule has 1 aromatic carbocycles. The summed E-state index contributed by atoms with van der Waals surface area (Å²) >= 11 is 1.92. The molecule has 0 aromatic heterocycles. The molecule has 2 nitrogen and oxygen atoms in total. The third kappa shape index (κ3) is 1.81. The average Bonchev–Trinajstić information content (AvgIpc) is 2.19. The van der Waals surface area contributed by atoms with Crippen molar-refractivity contribution in [2.24, 2.45) is 0 Å². The van der Waals surface area contributed by atoms with E-state index in [4.69, 9.17) is 5.11 Å². The van der Waals surface area contributed by atoms with E-state index in [1.807, 2.05) is 11.8 Å². The molecule has 0 spiro atoms. The van der Waals surface area contributed by atoms with E-state index in [1.54, 1.807) is 0 Å². The summed E-state index contributed by atoms with van der Waals surface area (Å²) in [6.07, 6.45) is 0. The predicted molar refractivity (Wildman–Crippen MR) is 57.9 cm³/mol. The molecule has 0 bridgehead atoms. The summed E-state index contributed by atoms with van der Waals surface area (Å²) in [5.74, 6) is 1.15. The second-order valence-electron chi connectivity index (χ2n) is 3.05. The molecule has 1 aromatic rings. The van der Waals surface area contributed by atoms with E-state index in [0.717, 1.165) is 18.8 Å². The van der Waals surface area contributed by atoms with Crippen LogP contribution in [0.15, 0.2) is 29.2 Å². The van der Waals surface area contributed by atoms with Crippen LogP contribution < -0.4 is 4.90 Å². The lowest BCUT2D eigenvalue weighted by Crippen LogP contribution is -2.31. The molecule has 0 fully saturated rings. The summed E-state index contributed by atoms with van der Waals surface area (Å²) in [4.78, 5) is 3.67. The number of hydrogen-bond acceptors (Lipinski definition) is 2. The number of hydrogen-bond donors (Lipinski definition) is 0. The molecule has 0 radical (unpaired) electrons. The van der Waals surface area contributed by atoms with Crippen molar-refractivity contribution in [1.29, 1.82) is 0 Å². The van der Waals surface area contributed by atoms with Gasteiger partial charge in [0, 0.05) is 17.2 Å². The highest BCUT2D eigenvalue weighted by atomic mass is 32.2. The number of anilines is 1. The maximum absolute atomic E-state index is 7.23. The Bertz CT molecular complexity index is 290. The first-order valence-electron chi connectivity index (χ1n) is 4.53. The number of fused-ring (bicyclic) bond motifs is 1. The third-order valence-corrected chi connectivity index (χ3v) is 3.25. The Hall–Kier alpha value is -0.670. The number of rotatable bonds is 2. The Labute approximate surface area is 82.6 Å². The minimum Gasteiger partial charge on any atom is -0.444 e. The Kier molecular flexibility index (Phi) is 2.76. The average molecular weight is 196 g/mol. The topological polar surface area (TPSA) is 26.1 Å². The van der Waals surface area contributed by atoms with Crippen LogP contribution in [0.2, 0.25) is 0 Å². The molecule has 70 valence electrons. The highest BCUT2D eigenvalue weighted by molar-refractivity contribution is 7.99. The number of thioether (sulfide) groups is 1. The van der Waals surface area contributed by atoms with Crippen molar-refractivity contribution < 1.29 is 5.11 Å². The zero-order chi connectivity index (χ0) is 9.10. The van der Waals surface area contributed by atoms with E-state index in [9.17, 15) is 0 Å². The van der Waals surface area contributed by atoms with Crippen molar-refractivity contribution in [3.8, 4) is 0 Å². The molecule has 0 saturated carbocycles. The van der Waals surface area contributed by atoms with Gasteiger partial charge < -0.3 is 10.0 Å². The van der Waals surface area contributed by atoms with E-state index < -0.39 is 0 Å². The lowest BCUT2D eigenvalue weighted by molar-refractivity contribution is 0.302. The zero-order valence-electron chi connectivity index (χ0n) is 7.49. The van der Waals surface area contributed by atoms with Gasteiger partial charge in [0.1, 0.15) is 0 Å². The van der Waals surface area contributed by atoms with Crippen molar-refractivity contribution in [2.75, 3.05) is 30.3 Å². The van der Waals surface area contributed by atoms with Crippen LogP contribution in [0.4, 0.5) is 5.69 Å². The van der Waals surface area contributed by atoms with Gasteiger partial charge in [0.15, 0.2) is 6.61 Å². The number of nitrogens with zero attached hydrogens (tertiary/aromatic N) is 1. The summed E-state index contributed by atoms with van der Waals surface area (Å²) in [6.45, 7) is 2.43. The van der Waals surface area contributed by atoms with E-state index >= 15 is 0 Å². The van der Waals surface area contributed by atoms with Gasteiger partial charge in [0.2, 0.25) is 0 Å². The van der Waals surface area contributed by atoms with Gasteiger partial charge in [0.25, 0.3) is 0 Å². The fraction of sp³-hybridized carbons (Fsp3) is 0.400. The fourth-order valence-electron chi connectivity index (χ4n) is 1.59. The third-order valence-electron chi connectivity index (χ3n) is 2.21. The summed E-state index contributed by atoms with van der Waals surface area (Å²) in [5.41, 5.74) is 1.31. The molecule has 2 rings (SSSR count). The molecule has 0 unspecified atom stereocenters. The van der Waals surface area contributed by atoms with Crippen molar-refractivity contribution in [3.63, 3.8) is 0 Å². The standard InChI is InChI=1S/C10H13NOS/c12-7-5-11-6-8-13-10-4-2-1-3-9(10)11/h1-4,12H,5-8H2/p+1. The van der Waals surface area contributed by atoms with Gasteiger partial charge in [-0.05, 0) is 12.1 Å². The zero-order valence-corrected chi connectivity index (χ0v) is 8.31. The number of para-hydroxylation sites is 1. The largest absolute Gasteiger partial charge is 0.444 e. The SMILES string of the molecule is [OH2+]CCN1CCSc2ccccc21. The summed E-state index contributed by atoms with van der Waals surface area (Å²) in [7, 11) is 0. The lowest BCUT2D eigenvalue weighted by atomic mass is 10.3. The molecule has 2 N–H and O–H groups in total. The molecule has 0 amide bonds. The Balaban J connectivity index is 2.26. The maximum Gasteiger partial charge on any atom is 0.161 e. The van der Waals surface area contributed by atoms with Crippen LogP contribution in [0.1, 0.15) is 0 Å². The van der Waals surface area contributed by atoms with Crippen molar-refractivity contribution in [2.45, 2.75) is 4.90 Å². The molecule has 1 heterocycles. The van der Waals surface area contributed by atoms with Crippen LogP contribution in [-0.4, -0.2) is 30.6 Å². The molecule has 3 heteroatoms. The minimum absolute atomic E-state index is 0.485. The van der Waals surface area contributed by atoms with Gasteiger partial charge in [-0.3, -0.25) is 0 Å². The smallest absolute Gasteiger partial charge is 0.161 e. The van der Waals surface area contributed by atoms with Crippen LogP contribution in [0.25, 0.3) is 0 Å². The van der Waals surface area contributed by atoms with Crippen molar-refractivity contribution in [1.82, 2.24) is 0 Å².